The van der Waals surface area contributed by atoms with Gasteiger partial charge in [0, 0.05) is 11.1 Å². The highest BCUT2D eigenvalue weighted by atomic mass is 35.5. The molecule has 1 unspecified atom stereocenters. The summed E-state index contributed by atoms with van der Waals surface area (Å²) in [5, 5.41) is 4.34. The van der Waals surface area contributed by atoms with Gasteiger partial charge in [-0.15, -0.1) is 0 Å². The molecular formula is C17H20ClNO. The second-order valence-corrected chi connectivity index (χ2v) is 5.09. The predicted molar refractivity (Wildman–Crippen MR) is 84.6 cm³/mol. The molecule has 20 heavy (non-hydrogen) atoms. The quantitative estimate of drug-likeness (QED) is 0.859. The molecule has 0 aliphatic heterocycles. The van der Waals surface area contributed by atoms with Crippen molar-refractivity contribution in [2.75, 3.05) is 13.7 Å². The van der Waals surface area contributed by atoms with Crippen molar-refractivity contribution in [2.24, 2.45) is 0 Å². The number of halogens is 1. The maximum Gasteiger partial charge on any atom is 0.118 e. The average Bonchev–Trinajstić information content (AvgIpc) is 2.49. The van der Waals surface area contributed by atoms with E-state index in [0.29, 0.717) is 0 Å². The number of hydrogen-bond donors (Lipinski definition) is 1. The molecule has 2 rings (SSSR count). The fraction of sp³-hybridized carbons (Fsp3) is 0.294. The van der Waals surface area contributed by atoms with Gasteiger partial charge >= 0.3 is 0 Å². The molecule has 2 nitrogen and oxygen atoms in total. The normalized spacial score (nSPS) is 12.2. The van der Waals surface area contributed by atoms with Gasteiger partial charge in [-0.2, -0.15) is 0 Å². The molecule has 3 heteroatoms. The van der Waals surface area contributed by atoms with E-state index in [1.54, 1.807) is 7.11 Å². The summed E-state index contributed by atoms with van der Waals surface area (Å²) < 4.78 is 5.20. The molecule has 0 spiro atoms. The number of methoxy groups -OCH3 is 1. The highest BCUT2D eigenvalue weighted by Gasteiger charge is 2.12. The van der Waals surface area contributed by atoms with Gasteiger partial charge in [-0.1, -0.05) is 48.9 Å². The Morgan fingerprint density at radius 3 is 2.40 bits per heavy atom. The molecule has 0 amide bonds. The molecular weight excluding hydrogens is 270 g/mol. The third-order valence-electron chi connectivity index (χ3n) is 3.35. The molecule has 0 aliphatic carbocycles. The first kappa shape index (κ1) is 14.9. The van der Waals surface area contributed by atoms with Crippen LogP contribution in [0, 0.1) is 0 Å². The fourth-order valence-corrected chi connectivity index (χ4v) is 2.49. The van der Waals surface area contributed by atoms with E-state index in [2.05, 4.69) is 30.4 Å². The Morgan fingerprint density at radius 1 is 1.10 bits per heavy atom. The average molecular weight is 290 g/mol. The second-order valence-electron chi connectivity index (χ2n) is 4.68. The van der Waals surface area contributed by atoms with Crippen LogP contribution in [0.2, 0.25) is 5.02 Å². The standard InChI is InChI=1S/C17H20ClNO/c1-3-19-17(12-14-6-4-5-7-16(14)18)13-8-10-15(20-2)11-9-13/h4-11,17,19H,3,12H2,1-2H3. The van der Waals surface area contributed by atoms with Crippen molar-refractivity contribution in [1.82, 2.24) is 5.32 Å². The van der Waals surface area contributed by atoms with E-state index >= 15 is 0 Å². The summed E-state index contributed by atoms with van der Waals surface area (Å²) >= 11 is 6.26. The van der Waals surface area contributed by atoms with Crippen molar-refractivity contribution < 1.29 is 4.74 Å². The van der Waals surface area contributed by atoms with Crippen LogP contribution >= 0.6 is 11.6 Å². The summed E-state index contributed by atoms with van der Waals surface area (Å²) in [5.41, 5.74) is 2.41. The Balaban J connectivity index is 2.19. The smallest absolute Gasteiger partial charge is 0.118 e. The number of likely N-dealkylation sites (N-methyl/N-ethyl adjacent to an activating group) is 1. The topological polar surface area (TPSA) is 21.3 Å². The monoisotopic (exact) mass is 289 g/mol. The van der Waals surface area contributed by atoms with Crippen molar-refractivity contribution >= 4 is 11.6 Å². The number of hydrogen-bond acceptors (Lipinski definition) is 2. The number of rotatable bonds is 6. The first-order valence-corrected chi connectivity index (χ1v) is 7.23. The Morgan fingerprint density at radius 2 is 1.80 bits per heavy atom. The molecule has 106 valence electrons. The number of ether oxygens (including phenoxy) is 1. The molecule has 0 saturated carbocycles. The fourth-order valence-electron chi connectivity index (χ4n) is 2.27. The Bertz CT molecular complexity index is 539. The van der Waals surface area contributed by atoms with Crippen LogP contribution in [0.1, 0.15) is 24.1 Å². The molecule has 0 aromatic heterocycles. The summed E-state index contributed by atoms with van der Waals surface area (Å²) in [5.74, 6) is 0.877. The Labute approximate surface area is 125 Å². The van der Waals surface area contributed by atoms with Crippen LogP contribution in [-0.2, 0) is 6.42 Å². The zero-order chi connectivity index (χ0) is 14.4. The molecule has 0 fully saturated rings. The largest absolute Gasteiger partial charge is 0.497 e. The van der Waals surface area contributed by atoms with Crippen LogP contribution in [-0.4, -0.2) is 13.7 Å². The summed E-state index contributed by atoms with van der Waals surface area (Å²) in [6.45, 7) is 3.03. The molecule has 0 saturated heterocycles. The van der Waals surface area contributed by atoms with Crippen molar-refractivity contribution in [1.29, 1.82) is 0 Å². The lowest BCUT2D eigenvalue weighted by Crippen LogP contribution is -2.23. The minimum atomic E-state index is 0.255. The Hall–Kier alpha value is -1.51. The summed E-state index contributed by atoms with van der Waals surface area (Å²) in [4.78, 5) is 0. The molecule has 1 N–H and O–H groups in total. The zero-order valence-electron chi connectivity index (χ0n) is 11.9. The van der Waals surface area contributed by atoms with Gasteiger partial charge in [0.15, 0.2) is 0 Å². The van der Waals surface area contributed by atoms with Gasteiger partial charge in [-0.05, 0) is 42.3 Å². The van der Waals surface area contributed by atoms with E-state index in [1.165, 1.54) is 5.56 Å². The van der Waals surface area contributed by atoms with E-state index in [-0.39, 0.29) is 6.04 Å². The summed E-state index contributed by atoms with van der Waals surface area (Å²) in [6.07, 6.45) is 0.875. The molecule has 0 heterocycles. The first-order valence-electron chi connectivity index (χ1n) is 6.85. The third kappa shape index (κ3) is 3.75. The van der Waals surface area contributed by atoms with E-state index in [0.717, 1.165) is 29.3 Å². The maximum atomic E-state index is 6.26. The van der Waals surface area contributed by atoms with Crippen LogP contribution in [0.15, 0.2) is 48.5 Å². The molecule has 2 aromatic carbocycles. The SMILES string of the molecule is CCNC(Cc1ccccc1Cl)c1ccc(OC)cc1. The van der Waals surface area contributed by atoms with Crippen molar-refractivity contribution in [3.63, 3.8) is 0 Å². The van der Waals surface area contributed by atoms with Gasteiger partial charge in [0.05, 0.1) is 7.11 Å². The van der Waals surface area contributed by atoms with E-state index in [4.69, 9.17) is 16.3 Å². The van der Waals surface area contributed by atoms with E-state index in [9.17, 15) is 0 Å². The van der Waals surface area contributed by atoms with Gasteiger partial charge < -0.3 is 10.1 Å². The minimum absolute atomic E-state index is 0.255. The Kier molecular flexibility index (Phi) is 5.45. The van der Waals surface area contributed by atoms with Crippen LogP contribution in [0.5, 0.6) is 5.75 Å². The van der Waals surface area contributed by atoms with Crippen LogP contribution in [0.25, 0.3) is 0 Å². The zero-order valence-corrected chi connectivity index (χ0v) is 12.7. The van der Waals surface area contributed by atoms with Crippen LogP contribution in [0.4, 0.5) is 0 Å². The van der Waals surface area contributed by atoms with E-state index in [1.807, 2.05) is 30.3 Å². The maximum absolute atomic E-state index is 6.26. The highest BCUT2D eigenvalue weighted by molar-refractivity contribution is 6.31. The lowest BCUT2D eigenvalue weighted by Gasteiger charge is -2.19. The summed E-state index contributed by atoms with van der Waals surface area (Å²) in [7, 11) is 1.68. The molecule has 0 bridgehead atoms. The first-order chi connectivity index (χ1) is 9.74. The van der Waals surface area contributed by atoms with Crippen molar-refractivity contribution in [3.05, 3.63) is 64.7 Å². The lowest BCUT2D eigenvalue weighted by atomic mass is 9.98. The summed E-state index contributed by atoms with van der Waals surface area (Å²) in [6, 6.07) is 16.4. The molecule has 2 aromatic rings. The van der Waals surface area contributed by atoms with Gasteiger partial charge in [0.25, 0.3) is 0 Å². The van der Waals surface area contributed by atoms with Gasteiger partial charge in [0.1, 0.15) is 5.75 Å². The predicted octanol–water partition coefficient (Wildman–Crippen LogP) is 4.24. The van der Waals surface area contributed by atoms with Crippen molar-refractivity contribution in [3.8, 4) is 5.75 Å². The number of nitrogens with one attached hydrogen (secondary N) is 1. The molecule has 1 atom stereocenters. The van der Waals surface area contributed by atoms with Crippen LogP contribution < -0.4 is 10.1 Å². The van der Waals surface area contributed by atoms with Gasteiger partial charge in [-0.3, -0.25) is 0 Å². The van der Waals surface area contributed by atoms with E-state index < -0.39 is 0 Å². The lowest BCUT2D eigenvalue weighted by molar-refractivity contribution is 0.414. The van der Waals surface area contributed by atoms with Crippen molar-refractivity contribution in [2.45, 2.75) is 19.4 Å². The number of benzene rings is 2. The highest BCUT2D eigenvalue weighted by Crippen LogP contribution is 2.24. The minimum Gasteiger partial charge on any atom is -0.497 e. The van der Waals surface area contributed by atoms with Gasteiger partial charge in [0.2, 0.25) is 0 Å². The third-order valence-corrected chi connectivity index (χ3v) is 3.72. The van der Waals surface area contributed by atoms with Crippen LogP contribution in [0.3, 0.4) is 0 Å². The van der Waals surface area contributed by atoms with Gasteiger partial charge in [-0.25, -0.2) is 0 Å². The second kappa shape index (κ2) is 7.32. The molecule has 0 aliphatic rings. The molecule has 0 radical (unpaired) electrons.